The fourth-order valence-corrected chi connectivity index (χ4v) is 4.51. The summed E-state index contributed by atoms with van der Waals surface area (Å²) in [5.41, 5.74) is 0.649. The van der Waals surface area contributed by atoms with Gasteiger partial charge in [-0.2, -0.15) is 0 Å². The molecule has 0 aromatic carbocycles. The lowest BCUT2D eigenvalue weighted by molar-refractivity contribution is -0.120. The lowest BCUT2D eigenvalue weighted by Crippen LogP contribution is -2.37. The number of hydrogen-bond acceptors (Lipinski definition) is 6. The number of aromatic amines is 1. The van der Waals surface area contributed by atoms with Gasteiger partial charge in [-0.05, 0) is 32.2 Å². The van der Waals surface area contributed by atoms with Crippen molar-refractivity contribution in [2.24, 2.45) is 0 Å². The molecule has 0 aliphatic rings. The van der Waals surface area contributed by atoms with Gasteiger partial charge < -0.3 is 15.0 Å². The summed E-state index contributed by atoms with van der Waals surface area (Å²) in [6, 6.07) is 3.73. The Balaban J connectivity index is 2.10. The van der Waals surface area contributed by atoms with Crippen molar-refractivity contribution in [2.75, 3.05) is 13.2 Å². The lowest BCUT2D eigenvalue weighted by atomic mass is 10.2. The Hall–Kier alpha value is -2.17. The second kappa shape index (κ2) is 8.47. The summed E-state index contributed by atoms with van der Waals surface area (Å²) in [5.74, 6) is -1.19. The highest BCUT2D eigenvalue weighted by molar-refractivity contribution is 7.89. The zero-order chi connectivity index (χ0) is 19.3. The molecule has 0 radical (unpaired) electrons. The first-order chi connectivity index (χ1) is 12.3. The van der Waals surface area contributed by atoms with Crippen molar-refractivity contribution in [2.45, 2.75) is 32.2 Å². The van der Waals surface area contributed by atoms with E-state index >= 15 is 0 Å². The molecule has 3 N–H and O–H groups in total. The van der Waals surface area contributed by atoms with Crippen molar-refractivity contribution in [3.05, 3.63) is 39.3 Å². The van der Waals surface area contributed by atoms with Crippen LogP contribution >= 0.6 is 11.3 Å². The van der Waals surface area contributed by atoms with Crippen molar-refractivity contribution in [1.29, 1.82) is 0 Å². The zero-order valence-electron chi connectivity index (χ0n) is 14.7. The molecule has 10 heteroatoms. The summed E-state index contributed by atoms with van der Waals surface area (Å²) < 4.78 is 32.4. The van der Waals surface area contributed by atoms with Crippen LogP contribution in [0.3, 0.4) is 0 Å². The van der Waals surface area contributed by atoms with Crippen molar-refractivity contribution in [1.82, 2.24) is 15.0 Å². The molecule has 0 fully saturated rings. The van der Waals surface area contributed by atoms with Crippen LogP contribution in [0.1, 0.15) is 33.5 Å². The van der Waals surface area contributed by atoms with E-state index in [-0.39, 0.29) is 17.1 Å². The van der Waals surface area contributed by atoms with Gasteiger partial charge in [0.05, 0.1) is 19.7 Å². The number of nitrogens with one attached hydrogen (secondary N) is 3. The minimum Gasteiger partial charge on any atom is -0.462 e. The SMILES string of the molecule is CCOC(=O)c1c(C)[nH]c(C)c1S(=O)(=O)NCC(=O)NCc1cccs1. The molecule has 0 bridgehead atoms. The molecule has 2 rings (SSSR count). The summed E-state index contributed by atoms with van der Waals surface area (Å²) >= 11 is 1.49. The smallest absolute Gasteiger partial charge is 0.341 e. The van der Waals surface area contributed by atoms with E-state index < -0.39 is 28.4 Å². The standard InChI is InChI=1S/C16H21N3O5S2/c1-4-24-16(21)14-10(2)19-11(3)15(14)26(22,23)18-9-13(20)17-8-12-6-5-7-25-12/h5-7,18-19H,4,8-9H2,1-3H3,(H,17,20). The Morgan fingerprint density at radius 3 is 2.62 bits per heavy atom. The van der Waals surface area contributed by atoms with Gasteiger partial charge in [-0.15, -0.1) is 11.3 Å². The van der Waals surface area contributed by atoms with Gasteiger partial charge in [0, 0.05) is 16.3 Å². The topological polar surface area (TPSA) is 117 Å². The number of aromatic nitrogens is 1. The molecule has 142 valence electrons. The van der Waals surface area contributed by atoms with Crippen molar-refractivity contribution >= 4 is 33.2 Å². The van der Waals surface area contributed by atoms with E-state index in [1.54, 1.807) is 20.8 Å². The van der Waals surface area contributed by atoms with Gasteiger partial charge in [0.25, 0.3) is 0 Å². The molecular formula is C16H21N3O5S2. The molecule has 0 aliphatic heterocycles. The van der Waals surface area contributed by atoms with E-state index in [4.69, 9.17) is 4.74 Å². The molecule has 0 saturated heterocycles. The Morgan fingerprint density at radius 2 is 2.00 bits per heavy atom. The normalized spacial score (nSPS) is 11.3. The van der Waals surface area contributed by atoms with Crippen molar-refractivity contribution in [3.8, 4) is 0 Å². The van der Waals surface area contributed by atoms with Gasteiger partial charge in [-0.1, -0.05) is 6.07 Å². The first-order valence-corrected chi connectivity index (χ1v) is 10.3. The molecule has 0 unspecified atom stereocenters. The maximum atomic E-state index is 12.6. The highest BCUT2D eigenvalue weighted by atomic mass is 32.2. The van der Waals surface area contributed by atoms with Gasteiger partial charge in [-0.25, -0.2) is 17.9 Å². The first-order valence-electron chi connectivity index (χ1n) is 7.91. The number of thiophene rings is 1. The van der Waals surface area contributed by atoms with Crippen LogP contribution in [0, 0.1) is 13.8 Å². The van der Waals surface area contributed by atoms with Crippen LogP contribution in [0.15, 0.2) is 22.4 Å². The van der Waals surface area contributed by atoms with Crippen LogP contribution in [-0.2, 0) is 26.1 Å². The second-order valence-corrected chi connectivity index (χ2v) is 8.22. The van der Waals surface area contributed by atoms with Gasteiger partial charge in [0.2, 0.25) is 15.9 Å². The first kappa shape index (κ1) is 20.1. The van der Waals surface area contributed by atoms with Gasteiger partial charge in [-0.3, -0.25) is 4.79 Å². The Bertz CT molecular complexity index is 885. The molecule has 0 spiro atoms. The van der Waals surface area contributed by atoms with Crippen LogP contribution < -0.4 is 10.0 Å². The summed E-state index contributed by atoms with van der Waals surface area (Å²) in [6.45, 7) is 4.79. The summed E-state index contributed by atoms with van der Waals surface area (Å²) in [5, 5.41) is 4.52. The van der Waals surface area contributed by atoms with Crippen molar-refractivity contribution in [3.63, 3.8) is 0 Å². The highest BCUT2D eigenvalue weighted by Gasteiger charge is 2.30. The minimum atomic E-state index is -4.07. The lowest BCUT2D eigenvalue weighted by Gasteiger charge is -2.09. The van der Waals surface area contributed by atoms with E-state index in [0.29, 0.717) is 17.9 Å². The van der Waals surface area contributed by atoms with E-state index in [1.165, 1.54) is 11.3 Å². The number of sulfonamides is 1. The molecule has 1 amide bonds. The van der Waals surface area contributed by atoms with Gasteiger partial charge >= 0.3 is 5.97 Å². The number of aryl methyl sites for hydroxylation is 2. The maximum Gasteiger partial charge on any atom is 0.341 e. The van der Waals surface area contributed by atoms with E-state index in [0.717, 1.165) is 4.88 Å². The number of rotatable bonds is 8. The second-order valence-electron chi connectivity index (χ2n) is 5.48. The predicted molar refractivity (Wildman–Crippen MR) is 97.6 cm³/mol. The van der Waals surface area contributed by atoms with E-state index in [2.05, 4.69) is 15.0 Å². The van der Waals surface area contributed by atoms with Crippen LogP contribution in [0.5, 0.6) is 0 Å². The summed E-state index contributed by atoms with van der Waals surface area (Å²) in [7, 11) is -4.07. The minimum absolute atomic E-state index is 0.0455. The third-order valence-electron chi connectivity index (χ3n) is 3.53. The molecule has 8 nitrogen and oxygen atoms in total. The number of carbonyl (C=O) groups is 2. The maximum absolute atomic E-state index is 12.6. The zero-order valence-corrected chi connectivity index (χ0v) is 16.3. The fraction of sp³-hybridized carbons (Fsp3) is 0.375. The number of esters is 1. The Kier molecular flexibility index (Phi) is 6.57. The quantitative estimate of drug-likeness (QED) is 0.581. The summed E-state index contributed by atoms with van der Waals surface area (Å²) in [6.07, 6.45) is 0. The number of H-pyrrole nitrogens is 1. The number of ether oxygens (including phenoxy) is 1. The van der Waals surface area contributed by atoms with Gasteiger partial charge in [0.15, 0.2) is 0 Å². The van der Waals surface area contributed by atoms with E-state index in [1.807, 2.05) is 17.5 Å². The fourth-order valence-electron chi connectivity index (χ4n) is 2.44. The summed E-state index contributed by atoms with van der Waals surface area (Å²) in [4.78, 5) is 27.6. The van der Waals surface area contributed by atoms with Crippen LogP contribution in [0.4, 0.5) is 0 Å². The molecule has 2 aromatic rings. The molecule has 26 heavy (non-hydrogen) atoms. The van der Waals surface area contributed by atoms with Gasteiger partial charge in [0.1, 0.15) is 10.5 Å². The molecule has 2 aromatic heterocycles. The number of carbonyl (C=O) groups excluding carboxylic acids is 2. The number of amides is 1. The van der Waals surface area contributed by atoms with Crippen LogP contribution in [0.25, 0.3) is 0 Å². The monoisotopic (exact) mass is 399 g/mol. The molecular weight excluding hydrogens is 378 g/mol. The third kappa shape index (κ3) is 4.71. The van der Waals surface area contributed by atoms with E-state index in [9.17, 15) is 18.0 Å². The molecule has 0 saturated carbocycles. The van der Waals surface area contributed by atoms with Crippen LogP contribution in [0.2, 0.25) is 0 Å². The van der Waals surface area contributed by atoms with Crippen LogP contribution in [-0.4, -0.2) is 38.4 Å². The largest absolute Gasteiger partial charge is 0.462 e. The molecule has 0 atom stereocenters. The predicted octanol–water partition coefficient (Wildman–Crippen LogP) is 1.46. The molecule has 0 aliphatic carbocycles. The highest BCUT2D eigenvalue weighted by Crippen LogP contribution is 2.24. The third-order valence-corrected chi connectivity index (χ3v) is 5.98. The number of hydrogen-bond donors (Lipinski definition) is 3. The Labute approximate surface area is 156 Å². The van der Waals surface area contributed by atoms with Crippen molar-refractivity contribution < 1.29 is 22.7 Å². The average molecular weight is 399 g/mol. The average Bonchev–Trinajstić information content (AvgIpc) is 3.18. The molecule has 2 heterocycles. The Morgan fingerprint density at radius 1 is 1.27 bits per heavy atom.